The molecule has 2 heteroatoms. The lowest BCUT2D eigenvalue weighted by Crippen LogP contribution is -2.17. The van der Waals surface area contributed by atoms with Crippen molar-refractivity contribution in [2.24, 2.45) is 5.92 Å². The molecular weight excluding hydrogens is 174 g/mol. The fraction of sp³-hybridized carbons (Fsp3) is 1.00. The van der Waals surface area contributed by atoms with Crippen LogP contribution in [0.15, 0.2) is 0 Å². The van der Waals surface area contributed by atoms with E-state index in [0.717, 1.165) is 25.6 Å². The van der Waals surface area contributed by atoms with Crippen molar-refractivity contribution in [1.82, 2.24) is 5.32 Å². The van der Waals surface area contributed by atoms with Crippen molar-refractivity contribution in [1.29, 1.82) is 0 Å². The van der Waals surface area contributed by atoms with E-state index < -0.39 is 0 Å². The number of ether oxygens (including phenoxy) is 1. The van der Waals surface area contributed by atoms with Crippen LogP contribution in [0, 0.1) is 5.92 Å². The molecule has 1 atom stereocenters. The summed E-state index contributed by atoms with van der Waals surface area (Å²) in [6.07, 6.45) is 7.05. The van der Waals surface area contributed by atoms with Crippen LogP contribution in [0.5, 0.6) is 0 Å². The van der Waals surface area contributed by atoms with Gasteiger partial charge in [0.15, 0.2) is 0 Å². The van der Waals surface area contributed by atoms with Gasteiger partial charge in [0, 0.05) is 6.61 Å². The molecule has 0 saturated heterocycles. The second kappa shape index (κ2) is 7.24. The molecule has 0 aromatic rings. The zero-order valence-electron chi connectivity index (χ0n) is 9.72. The van der Waals surface area contributed by atoms with Crippen molar-refractivity contribution < 1.29 is 4.74 Å². The summed E-state index contributed by atoms with van der Waals surface area (Å²) >= 11 is 0. The van der Waals surface area contributed by atoms with Gasteiger partial charge < -0.3 is 10.1 Å². The van der Waals surface area contributed by atoms with Gasteiger partial charge in [-0.1, -0.05) is 19.8 Å². The van der Waals surface area contributed by atoms with Gasteiger partial charge in [-0.15, -0.1) is 0 Å². The molecule has 1 aliphatic rings. The molecule has 14 heavy (non-hydrogen) atoms. The Morgan fingerprint density at radius 1 is 1.43 bits per heavy atom. The summed E-state index contributed by atoms with van der Waals surface area (Å²) in [7, 11) is 0. The van der Waals surface area contributed by atoms with Gasteiger partial charge >= 0.3 is 0 Å². The minimum atomic E-state index is 0.451. The van der Waals surface area contributed by atoms with E-state index in [1.54, 1.807) is 0 Å². The van der Waals surface area contributed by atoms with E-state index in [1.165, 1.54) is 32.1 Å². The minimum Gasteiger partial charge on any atom is -0.378 e. The van der Waals surface area contributed by atoms with Gasteiger partial charge in [0.25, 0.3) is 0 Å². The highest BCUT2D eigenvalue weighted by Gasteiger charge is 2.20. The summed E-state index contributed by atoms with van der Waals surface area (Å²) in [5.41, 5.74) is 0. The van der Waals surface area contributed by atoms with E-state index in [4.69, 9.17) is 4.74 Å². The fourth-order valence-electron chi connectivity index (χ4n) is 1.62. The van der Waals surface area contributed by atoms with Crippen LogP contribution < -0.4 is 5.32 Å². The Kier molecular flexibility index (Phi) is 6.20. The molecule has 0 amide bonds. The molecule has 0 spiro atoms. The first-order chi connectivity index (χ1) is 6.83. The van der Waals surface area contributed by atoms with Crippen molar-refractivity contribution in [2.75, 3.05) is 19.7 Å². The summed E-state index contributed by atoms with van der Waals surface area (Å²) in [6.45, 7) is 7.53. The maximum absolute atomic E-state index is 5.75. The van der Waals surface area contributed by atoms with Gasteiger partial charge in [-0.05, 0) is 45.2 Å². The normalized spacial score (nSPS) is 18.4. The molecule has 1 saturated carbocycles. The Morgan fingerprint density at radius 2 is 2.21 bits per heavy atom. The Balaban J connectivity index is 1.79. The molecule has 0 aliphatic heterocycles. The third-order valence-corrected chi connectivity index (χ3v) is 2.84. The predicted octanol–water partition coefficient (Wildman–Crippen LogP) is 2.58. The van der Waals surface area contributed by atoms with Crippen LogP contribution in [0.4, 0.5) is 0 Å². The summed E-state index contributed by atoms with van der Waals surface area (Å²) < 4.78 is 5.75. The molecule has 1 N–H and O–H groups in total. The average molecular weight is 199 g/mol. The van der Waals surface area contributed by atoms with Crippen molar-refractivity contribution in [2.45, 2.75) is 52.1 Å². The summed E-state index contributed by atoms with van der Waals surface area (Å²) in [4.78, 5) is 0. The molecule has 0 radical (unpaired) electrons. The summed E-state index contributed by atoms with van der Waals surface area (Å²) in [5.74, 6) is 1.00. The number of hydrogen-bond donors (Lipinski definition) is 1. The number of nitrogens with one attached hydrogen (secondary N) is 1. The highest BCUT2D eigenvalue weighted by atomic mass is 16.5. The maximum atomic E-state index is 5.75. The van der Waals surface area contributed by atoms with Gasteiger partial charge in [-0.2, -0.15) is 0 Å². The topological polar surface area (TPSA) is 21.3 Å². The molecule has 1 rings (SSSR count). The molecule has 1 fully saturated rings. The smallest absolute Gasteiger partial charge is 0.0547 e. The Hall–Kier alpha value is -0.0800. The zero-order valence-corrected chi connectivity index (χ0v) is 9.72. The maximum Gasteiger partial charge on any atom is 0.0547 e. The van der Waals surface area contributed by atoms with Crippen molar-refractivity contribution in [3.8, 4) is 0 Å². The standard InChI is InChI=1S/C12H25NO/c1-3-13-9-4-5-11(2)14-10-8-12-6-7-12/h11-13H,3-10H2,1-2H3. The van der Waals surface area contributed by atoms with Crippen LogP contribution in [0.1, 0.15) is 46.0 Å². The highest BCUT2D eigenvalue weighted by Crippen LogP contribution is 2.32. The molecule has 1 unspecified atom stereocenters. The molecule has 0 aromatic heterocycles. The quantitative estimate of drug-likeness (QED) is 0.576. The van der Waals surface area contributed by atoms with Crippen molar-refractivity contribution in [3.05, 3.63) is 0 Å². The molecule has 84 valence electrons. The van der Waals surface area contributed by atoms with Gasteiger partial charge in [0.05, 0.1) is 6.10 Å². The van der Waals surface area contributed by atoms with Crippen LogP contribution >= 0.6 is 0 Å². The molecular formula is C12H25NO. The third kappa shape index (κ3) is 6.39. The molecule has 0 aromatic carbocycles. The highest BCUT2D eigenvalue weighted by molar-refractivity contribution is 4.72. The second-order valence-electron chi connectivity index (χ2n) is 4.41. The summed E-state index contributed by atoms with van der Waals surface area (Å²) in [6, 6.07) is 0. The van der Waals surface area contributed by atoms with Gasteiger partial charge in [0.2, 0.25) is 0 Å². The van der Waals surface area contributed by atoms with Crippen LogP contribution in [0.3, 0.4) is 0 Å². The van der Waals surface area contributed by atoms with Gasteiger partial charge in [-0.25, -0.2) is 0 Å². The van der Waals surface area contributed by atoms with Crippen LogP contribution in [-0.2, 0) is 4.74 Å². The van der Waals surface area contributed by atoms with Crippen molar-refractivity contribution >= 4 is 0 Å². The first-order valence-electron chi connectivity index (χ1n) is 6.15. The second-order valence-corrected chi connectivity index (χ2v) is 4.41. The van der Waals surface area contributed by atoms with E-state index in [2.05, 4.69) is 19.2 Å². The lowest BCUT2D eigenvalue weighted by molar-refractivity contribution is 0.0550. The summed E-state index contributed by atoms with van der Waals surface area (Å²) in [5, 5.41) is 3.33. The third-order valence-electron chi connectivity index (χ3n) is 2.84. The number of hydrogen-bond acceptors (Lipinski definition) is 2. The SMILES string of the molecule is CCNCCCC(C)OCCC1CC1. The fourth-order valence-corrected chi connectivity index (χ4v) is 1.62. The zero-order chi connectivity index (χ0) is 10.2. The molecule has 0 heterocycles. The van der Waals surface area contributed by atoms with Gasteiger partial charge in [0.1, 0.15) is 0 Å². The Morgan fingerprint density at radius 3 is 2.86 bits per heavy atom. The van der Waals surface area contributed by atoms with Crippen LogP contribution in [-0.4, -0.2) is 25.8 Å². The van der Waals surface area contributed by atoms with E-state index in [-0.39, 0.29) is 0 Å². The first-order valence-corrected chi connectivity index (χ1v) is 6.15. The first kappa shape index (κ1) is 12.0. The monoisotopic (exact) mass is 199 g/mol. The lowest BCUT2D eigenvalue weighted by Gasteiger charge is -2.12. The lowest BCUT2D eigenvalue weighted by atomic mass is 10.2. The molecule has 2 nitrogen and oxygen atoms in total. The largest absolute Gasteiger partial charge is 0.378 e. The van der Waals surface area contributed by atoms with E-state index in [0.29, 0.717) is 6.10 Å². The number of rotatable bonds is 9. The average Bonchev–Trinajstić information content (AvgIpc) is 2.96. The van der Waals surface area contributed by atoms with Crippen LogP contribution in [0.25, 0.3) is 0 Å². The predicted molar refractivity (Wildman–Crippen MR) is 60.5 cm³/mol. The molecule has 1 aliphatic carbocycles. The van der Waals surface area contributed by atoms with E-state index in [9.17, 15) is 0 Å². The van der Waals surface area contributed by atoms with Gasteiger partial charge in [-0.3, -0.25) is 0 Å². The van der Waals surface area contributed by atoms with E-state index >= 15 is 0 Å². The molecule has 0 bridgehead atoms. The Labute approximate surface area is 88.4 Å². The van der Waals surface area contributed by atoms with E-state index in [1.807, 2.05) is 0 Å². The van der Waals surface area contributed by atoms with Crippen LogP contribution in [0.2, 0.25) is 0 Å². The van der Waals surface area contributed by atoms with Crippen molar-refractivity contribution in [3.63, 3.8) is 0 Å². The Bertz CT molecular complexity index is 134. The minimum absolute atomic E-state index is 0.451.